The summed E-state index contributed by atoms with van der Waals surface area (Å²) in [7, 11) is 0. The molecular weight excluding hydrogens is 1040 g/mol. The van der Waals surface area contributed by atoms with Crippen molar-refractivity contribution in [1.29, 1.82) is 0 Å². The van der Waals surface area contributed by atoms with E-state index < -0.39 is 0 Å². The molecule has 0 aromatic heterocycles. The number of hydrogen-bond donors (Lipinski definition) is 0. The number of fused-ring (bicyclic) bond motifs is 3. The molecule has 3 aliphatic rings. The lowest BCUT2D eigenvalue weighted by atomic mass is 9.70. The molecule has 0 saturated carbocycles. The number of rotatable bonds is 28. The maximum atomic E-state index is 6.25. The van der Waals surface area contributed by atoms with Crippen LogP contribution in [0, 0.1) is 17.8 Å². The van der Waals surface area contributed by atoms with Crippen LogP contribution in [0.25, 0.3) is 22.3 Å². The van der Waals surface area contributed by atoms with E-state index in [1.807, 2.05) is 0 Å². The second kappa shape index (κ2) is 26.6. The van der Waals surface area contributed by atoms with Crippen molar-refractivity contribution in [3.05, 3.63) is 247 Å². The molecule has 85 heavy (non-hydrogen) atoms. The van der Waals surface area contributed by atoms with Gasteiger partial charge in [-0.2, -0.15) is 0 Å². The van der Waals surface area contributed by atoms with Crippen LogP contribution in [-0.4, -0.2) is 52.9 Å². The standard InChI is InChI=1S/C78H83N3O4/c1-60-32-38-67(39-33-60)80(65-28-16-10-17-29-65)70-44-46-72-73-47-45-71(53-75(73)78(74(72)52-70,48-20-4-6-22-50-82-54-76(2)56-84-57-76)49-21-5-7-23-51-83-55-77(3)58-85-59-77)81(66-30-18-11-19-31-66)69-42-36-62(37-43-69)61-34-40-68(41-35-61)79(63-24-12-8-13-25-63)64-26-14-9-15-27-64/h8-19,24-47,52-53H,4-7,20-23,48-51,54-59H2,1-3H3. The highest BCUT2D eigenvalue weighted by molar-refractivity contribution is 5.89. The Balaban J connectivity index is 0.888. The van der Waals surface area contributed by atoms with Crippen LogP contribution in [-0.2, 0) is 24.4 Å². The number of para-hydroxylation sites is 4. The van der Waals surface area contributed by atoms with Crippen molar-refractivity contribution in [1.82, 2.24) is 0 Å². The van der Waals surface area contributed by atoms with E-state index in [9.17, 15) is 0 Å². The van der Waals surface area contributed by atoms with Gasteiger partial charge < -0.3 is 33.6 Å². The minimum Gasteiger partial charge on any atom is -0.381 e. The Bertz CT molecular complexity index is 3470. The third kappa shape index (κ3) is 13.2. The number of ether oxygens (including phenoxy) is 4. The minimum absolute atomic E-state index is 0.168. The molecule has 9 aromatic carbocycles. The van der Waals surface area contributed by atoms with Crippen LogP contribution >= 0.6 is 0 Å². The van der Waals surface area contributed by atoms with Crippen molar-refractivity contribution in [3.8, 4) is 22.3 Å². The summed E-state index contributed by atoms with van der Waals surface area (Å²) in [5, 5.41) is 0. The first kappa shape index (κ1) is 57.6. The fourth-order valence-corrected chi connectivity index (χ4v) is 13.0. The first-order valence-electron chi connectivity index (χ1n) is 31.2. The summed E-state index contributed by atoms with van der Waals surface area (Å²) in [6.45, 7) is 13.1. The molecule has 2 aliphatic heterocycles. The number of unbranched alkanes of at least 4 members (excludes halogenated alkanes) is 6. The van der Waals surface area contributed by atoms with Crippen LogP contribution in [0.2, 0.25) is 0 Å². The Morgan fingerprint density at radius 2 is 0.647 bits per heavy atom. The van der Waals surface area contributed by atoms with E-state index in [0.717, 1.165) is 163 Å². The molecular formula is C78H83N3O4. The van der Waals surface area contributed by atoms with Crippen molar-refractivity contribution in [2.24, 2.45) is 10.8 Å². The fourth-order valence-electron chi connectivity index (χ4n) is 13.0. The van der Waals surface area contributed by atoms with Gasteiger partial charge in [-0.15, -0.1) is 0 Å². The topological polar surface area (TPSA) is 46.6 Å². The normalized spacial score (nSPS) is 15.0. The predicted octanol–water partition coefficient (Wildman–Crippen LogP) is 20.3. The van der Waals surface area contributed by atoms with Crippen molar-refractivity contribution in [3.63, 3.8) is 0 Å². The van der Waals surface area contributed by atoms with Crippen molar-refractivity contribution in [2.75, 3.05) is 67.6 Å². The highest BCUT2D eigenvalue weighted by Crippen LogP contribution is 2.57. The van der Waals surface area contributed by atoms with E-state index in [-0.39, 0.29) is 16.2 Å². The molecule has 1 aliphatic carbocycles. The number of hydrogen-bond acceptors (Lipinski definition) is 7. The minimum atomic E-state index is -0.230. The molecule has 2 fully saturated rings. The summed E-state index contributed by atoms with van der Waals surface area (Å²) in [5.74, 6) is 0. The van der Waals surface area contributed by atoms with Gasteiger partial charge in [-0.25, -0.2) is 0 Å². The van der Waals surface area contributed by atoms with Gasteiger partial charge in [-0.3, -0.25) is 0 Å². The molecule has 434 valence electrons. The van der Waals surface area contributed by atoms with E-state index in [4.69, 9.17) is 18.9 Å². The molecule has 0 N–H and O–H groups in total. The monoisotopic (exact) mass is 1130 g/mol. The summed E-state index contributed by atoms with van der Waals surface area (Å²) in [6.07, 6.45) is 11.1. The van der Waals surface area contributed by atoms with Crippen LogP contribution in [0.5, 0.6) is 0 Å². The van der Waals surface area contributed by atoms with Gasteiger partial charge in [-0.05, 0) is 175 Å². The lowest BCUT2D eigenvalue weighted by Crippen LogP contribution is -2.43. The summed E-state index contributed by atoms with van der Waals surface area (Å²) < 4.78 is 23.5. The average molecular weight is 1130 g/mol. The molecule has 2 heterocycles. The molecule has 7 heteroatoms. The van der Waals surface area contributed by atoms with Gasteiger partial charge >= 0.3 is 0 Å². The Morgan fingerprint density at radius 3 is 0.988 bits per heavy atom. The van der Waals surface area contributed by atoms with E-state index in [2.05, 4.69) is 266 Å². The maximum absolute atomic E-state index is 6.25. The van der Waals surface area contributed by atoms with Crippen LogP contribution in [0.3, 0.4) is 0 Å². The van der Waals surface area contributed by atoms with Gasteiger partial charge in [-0.1, -0.05) is 179 Å². The van der Waals surface area contributed by atoms with E-state index in [1.165, 1.54) is 44.6 Å². The first-order valence-corrected chi connectivity index (χ1v) is 31.2. The molecule has 7 nitrogen and oxygen atoms in total. The molecule has 9 aromatic rings. The van der Waals surface area contributed by atoms with Gasteiger partial charge in [0.15, 0.2) is 0 Å². The Hall–Kier alpha value is -7.78. The molecule has 0 atom stereocenters. The van der Waals surface area contributed by atoms with Gasteiger partial charge in [0.25, 0.3) is 0 Å². The molecule has 0 unspecified atom stereocenters. The van der Waals surface area contributed by atoms with Crippen molar-refractivity contribution in [2.45, 2.75) is 90.4 Å². The molecule has 0 bridgehead atoms. The highest BCUT2D eigenvalue weighted by atomic mass is 16.5. The zero-order chi connectivity index (χ0) is 57.9. The van der Waals surface area contributed by atoms with Crippen molar-refractivity contribution < 1.29 is 18.9 Å². The predicted molar refractivity (Wildman–Crippen MR) is 353 cm³/mol. The lowest BCUT2D eigenvalue weighted by Gasteiger charge is -2.37. The lowest BCUT2D eigenvalue weighted by molar-refractivity contribution is -0.137. The molecule has 12 rings (SSSR count). The number of benzene rings is 9. The molecule has 0 radical (unpaired) electrons. The van der Waals surface area contributed by atoms with Gasteiger partial charge in [0.2, 0.25) is 0 Å². The third-order valence-electron chi connectivity index (χ3n) is 17.8. The SMILES string of the molecule is Cc1ccc(N(c2ccccc2)c2ccc3c(c2)C(CCCCCCOCC2(C)COC2)(CCCCCCOCC2(C)COC2)c2cc(N(c4ccccc4)c4ccc(-c5ccc(N(c6ccccc6)c6ccccc6)cc5)cc4)ccc2-3)cc1. The number of anilines is 9. The van der Waals surface area contributed by atoms with E-state index >= 15 is 0 Å². The second-order valence-corrected chi connectivity index (χ2v) is 24.9. The Kier molecular flexibility index (Phi) is 18.1. The zero-order valence-electron chi connectivity index (χ0n) is 50.1. The average Bonchev–Trinajstić information content (AvgIpc) is 2.45. The molecule has 0 spiro atoms. The zero-order valence-corrected chi connectivity index (χ0v) is 50.1. The van der Waals surface area contributed by atoms with Crippen LogP contribution < -0.4 is 14.7 Å². The van der Waals surface area contributed by atoms with Crippen LogP contribution in [0.1, 0.15) is 94.7 Å². The number of nitrogens with zero attached hydrogens (tertiary/aromatic N) is 3. The number of aryl methyl sites for hydroxylation is 1. The summed E-state index contributed by atoms with van der Waals surface area (Å²) in [5.41, 5.74) is 19.5. The fraction of sp³-hybridized carbons (Fsp3) is 0.308. The summed E-state index contributed by atoms with van der Waals surface area (Å²) in [4.78, 5) is 7.23. The van der Waals surface area contributed by atoms with Gasteiger partial charge in [0.05, 0.1) is 39.6 Å². The van der Waals surface area contributed by atoms with Crippen molar-refractivity contribution >= 4 is 51.2 Å². The second-order valence-electron chi connectivity index (χ2n) is 24.9. The highest BCUT2D eigenvalue weighted by Gasteiger charge is 2.43. The van der Waals surface area contributed by atoms with Crippen LogP contribution in [0.15, 0.2) is 231 Å². The smallest absolute Gasteiger partial charge is 0.0564 e. The Labute approximate surface area is 505 Å². The first-order chi connectivity index (χ1) is 41.7. The van der Waals surface area contributed by atoms with Gasteiger partial charge in [0.1, 0.15) is 0 Å². The summed E-state index contributed by atoms with van der Waals surface area (Å²) in [6, 6.07) is 85.0. The quantitative estimate of drug-likeness (QED) is 0.0453. The summed E-state index contributed by atoms with van der Waals surface area (Å²) >= 11 is 0. The maximum Gasteiger partial charge on any atom is 0.0564 e. The Morgan fingerprint density at radius 1 is 0.341 bits per heavy atom. The molecule has 2 saturated heterocycles. The van der Waals surface area contributed by atoms with E-state index in [1.54, 1.807) is 0 Å². The largest absolute Gasteiger partial charge is 0.381 e. The van der Waals surface area contributed by atoms with Gasteiger partial charge in [0, 0.05) is 80.6 Å². The third-order valence-corrected chi connectivity index (χ3v) is 17.8. The van der Waals surface area contributed by atoms with E-state index in [0.29, 0.717) is 0 Å². The van der Waals surface area contributed by atoms with Crippen LogP contribution in [0.4, 0.5) is 51.2 Å². The molecule has 0 amide bonds.